The molecule has 2 heterocycles. The molecule has 2 fully saturated rings. The largest absolute Gasteiger partial charge is 0.384 e. The fourth-order valence-electron chi connectivity index (χ4n) is 4.35. The molecular weight excluding hydrogens is 312 g/mol. The van der Waals surface area contributed by atoms with Gasteiger partial charge in [0.2, 0.25) is 0 Å². The molecule has 0 spiro atoms. The van der Waals surface area contributed by atoms with Crippen LogP contribution in [0, 0.1) is 17.8 Å². The first kappa shape index (κ1) is 20.5. The zero-order valence-electron chi connectivity index (χ0n) is 17.3. The Morgan fingerprint density at radius 1 is 1.20 bits per heavy atom. The molecule has 0 radical (unpaired) electrons. The van der Waals surface area contributed by atoms with Crippen LogP contribution in [0.4, 0.5) is 0 Å². The van der Waals surface area contributed by atoms with Crippen molar-refractivity contribution in [2.45, 2.75) is 53.0 Å². The van der Waals surface area contributed by atoms with Gasteiger partial charge in [0.15, 0.2) is 5.96 Å². The topological polar surface area (TPSA) is 40.1 Å². The van der Waals surface area contributed by atoms with Crippen LogP contribution in [0.1, 0.15) is 47.5 Å². The van der Waals surface area contributed by atoms with Crippen molar-refractivity contribution in [3.05, 3.63) is 0 Å². The van der Waals surface area contributed by atoms with Crippen molar-refractivity contribution in [2.24, 2.45) is 22.7 Å². The highest BCUT2D eigenvalue weighted by molar-refractivity contribution is 5.80. The minimum Gasteiger partial charge on any atom is -0.384 e. The molecule has 2 aliphatic rings. The summed E-state index contributed by atoms with van der Waals surface area (Å²) in [6, 6.07) is 0. The monoisotopic (exact) mass is 352 g/mol. The molecule has 5 heteroatoms. The van der Waals surface area contributed by atoms with E-state index in [9.17, 15) is 0 Å². The van der Waals surface area contributed by atoms with Gasteiger partial charge in [-0.25, -0.2) is 0 Å². The fourth-order valence-corrected chi connectivity index (χ4v) is 4.35. The number of nitrogens with zero attached hydrogens (tertiary/aromatic N) is 3. The van der Waals surface area contributed by atoms with Crippen molar-refractivity contribution in [1.82, 2.24) is 15.1 Å². The first-order chi connectivity index (χ1) is 11.9. The van der Waals surface area contributed by atoms with Crippen LogP contribution in [0.25, 0.3) is 0 Å². The third-order valence-corrected chi connectivity index (χ3v) is 5.66. The van der Waals surface area contributed by atoms with Crippen LogP contribution in [0.2, 0.25) is 0 Å². The summed E-state index contributed by atoms with van der Waals surface area (Å²) in [4.78, 5) is 10.1. The maximum absolute atomic E-state index is 5.33. The third-order valence-electron chi connectivity index (χ3n) is 5.66. The van der Waals surface area contributed by atoms with Crippen molar-refractivity contribution in [2.75, 3.05) is 53.0 Å². The summed E-state index contributed by atoms with van der Waals surface area (Å²) in [5.41, 5.74) is 0.106. The van der Waals surface area contributed by atoms with Crippen molar-refractivity contribution in [3.8, 4) is 0 Å². The molecule has 2 rings (SSSR count). The SMILES string of the molecule is CCNC(=NCC(C)(C)N1CC(C)CC(C)C1)N1CCC(COC)C1. The van der Waals surface area contributed by atoms with Gasteiger partial charge in [0.25, 0.3) is 0 Å². The Labute approximate surface area is 155 Å². The number of aliphatic imine (C=N–C) groups is 1. The summed E-state index contributed by atoms with van der Waals surface area (Å²) in [6.07, 6.45) is 2.55. The van der Waals surface area contributed by atoms with Gasteiger partial charge in [0.05, 0.1) is 13.2 Å². The molecule has 0 amide bonds. The Morgan fingerprint density at radius 3 is 2.48 bits per heavy atom. The number of nitrogens with one attached hydrogen (secondary N) is 1. The lowest BCUT2D eigenvalue weighted by Gasteiger charge is -2.44. The molecule has 3 unspecified atom stereocenters. The van der Waals surface area contributed by atoms with Gasteiger partial charge in [-0.2, -0.15) is 0 Å². The molecule has 5 nitrogen and oxygen atoms in total. The van der Waals surface area contributed by atoms with Crippen LogP contribution >= 0.6 is 0 Å². The number of piperidine rings is 1. The third kappa shape index (κ3) is 5.85. The summed E-state index contributed by atoms with van der Waals surface area (Å²) in [7, 11) is 1.80. The summed E-state index contributed by atoms with van der Waals surface area (Å²) < 4.78 is 5.33. The van der Waals surface area contributed by atoms with Crippen LogP contribution in [-0.2, 0) is 4.74 Å². The summed E-state index contributed by atoms with van der Waals surface area (Å²) in [5.74, 6) is 3.28. The van der Waals surface area contributed by atoms with Crippen LogP contribution in [0.15, 0.2) is 4.99 Å². The van der Waals surface area contributed by atoms with Crippen LogP contribution in [0.3, 0.4) is 0 Å². The Balaban J connectivity index is 1.99. The number of hydrogen-bond acceptors (Lipinski definition) is 3. The normalized spacial score (nSPS) is 29.3. The predicted octanol–water partition coefficient (Wildman–Crippen LogP) is 2.68. The average molecular weight is 353 g/mol. The van der Waals surface area contributed by atoms with E-state index in [0.29, 0.717) is 5.92 Å². The lowest BCUT2D eigenvalue weighted by molar-refractivity contribution is 0.0511. The molecule has 0 aromatic rings. The highest BCUT2D eigenvalue weighted by Crippen LogP contribution is 2.27. The Morgan fingerprint density at radius 2 is 1.88 bits per heavy atom. The highest BCUT2D eigenvalue weighted by Gasteiger charge is 2.33. The number of likely N-dealkylation sites (tertiary alicyclic amines) is 2. The molecule has 0 aromatic heterocycles. The number of ether oxygens (including phenoxy) is 1. The van der Waals surface area contributed by atoms with Crippen LogP contribution in [0.5, 0.6) is 0 Å². The standard InChI is InChI=1S/C20H40N4O/c1-7-21-19(23-9-8-18(13-23)14-25-6)22-15-20(4,5)24-11-16(2)10-17(3)12-24/h16-18H,7-15H2,1-6H3,(H,21,22). The molecular formula is C20H40N4O. The van der Waals surface area contributed by atoms with E-state index in [1.165, 1.54) is 25.9 Å². The quantitative estimate of drug-likeness (QED) is 0.589. The summed E-state index contributed by atoms with van der Waals surface area (Å²) in [6.45, 7) is 18.8. The summed E-state index contributed by atoms with van der Waals surface area (Å²) in [5, 5.41) is 3.50. The molecule has 1 N–H and O–H groups in total. The molecule has 0 saturated carbocycles. The van der Waals surface area contributed by atoms with Gasteiger partial charge >= 0.3 is 0 Å². The lowest BCUT2D eigenvalue weighted by Crippen LogP contribution is -2.53. The molecule has 2 aliphatic heterocycles. The van der Waals surface area contributed by atoms with Gasteiger partial charge in [0, 0.05) is 51.3 Å². The number of hydrogen-bond donors (Lipinski definition) is 1. The van der Waals surface area contributed by atoms with Crippen LogP contribution in [-0.4, -0.2) is 74.3 Å². The van der Waals surface area contributed by atoms with E-state index in [4.69, 9.17) is 9.73 Å². The van der Waals surface area contributed by atoms with Gasteiger partial charge in [-0.1, -0.05) is 13.8 Å². The van der Waals surface area contributed by atoms with E-state index in [1.807, 2.05) is 0 Å². The Hall–Kier alpha value is -0.810. The number of methoxy groups -OCH3 is 1. The maximum Gasteiger partial charge on any atom is 0.193 e. The van der Waals surface area contributed by atoms with Gasteiger partial charge in [-0.05, 0) is 45.4 Å². The molecule has 2 saturated heterocycles. The minimum atomic E-state index is 0.106. The van der Waals surface area contributed by atoms with Crippen molar-refractivity contribution >= 4 is 5.96 Å². The van der Waals surface area contributed by atoms with E-state index in [-0.39, 0.29) is 5.54 Å². The predicted molar refractivity (Wildman–Crippen MR) is 106 cm³/mol. The second-order valence-electron chi connectivity index (χ2n) is 8.89. The van der Waals surface area contributed by atoms with E-state index in [2.05, 4.69) is 49.7 Å². The average Bonchev–Trinajstić information content (AvgIpc) is 2.99. The lowest BCUT2D eigenvalue weighted by atomic mass is 9.88. The Kier molecular flexibility index (Phi) is 7.56. The smallest absolute Gasteiger partial charge is 0.193 e. The molecule has 0 aliphatic carbocycles. The molecule has 146 valence electrons. The molecule has 3 atom stereocenters. The fraction of sp³-hybridized carbons (Fsp3) is 0.950. The first-order valence-corrected chi connectivity index (χ1v) is 10.1. The van der Waals surface area contributed by atoms with E-state index in [0.717, 1.165) is 50.6 Å². The maximum atomic E-state index is 5.33. The molecule has 25 heavy (non-hydrogen) atoms. The van der Waals surface area contributed by atoms with E-state index in [1.54, 1.807) is 7.11 Å². The van der Waals surface area contributed by atoms with Gasteiger partial charge in [-0.15, -0.1) is 0 Å². The zero-order chi connectivity index (χ0) is 18.4. The molecule has 0 aromatic carbocycles. The van der Waals surface area contributed by atoms with Gasteiger partial charge < -0.3 is 15.0 Å². The highest BCUT2D eigenvalue weighted by atomic mass is 16.5. The first-order valence-electron chi connectivity index (χ1n) is 10.1. The Bertz CT molecular complexity index is 427. The minimum absolute atomic E-state index is 0.106. The van der Waals surface area contributed by atoms with Crippen molar-refractivity contribution in [3.63, 3.8) is 0 Å². The van der Waals surface area contributed by atoms with Crippen LogP contribution < -0.4 is 5.32 Å². The number of rotatable bonds is 6. The van der Waals surface area contributed by atoms with E-state index >= 15 is 0 Å². The molecule has 0 bridgehead atoms. The van der Waals surface area contributed by atoms with Crippen molar-refractivity contribution < 1.29 is 4.74 Å². The van der Waals surface area contributed by atoms with Crippen molar-refractivity contribution in [1.29, 1.82) is 0 Å². The second-order valence-corrected chi connectivity index (χ2v) is 8.89. The van der Waals surface area contributed by atoms with Gasteiger partial charge in [-0.3, -0.25) is 9.89 Å². The van der Waals surface area contributed by atoms with E-state index < -0.39 is 0 Å². The number of guanidine groups is 1. The zero-order valence-corrected chi connectivity index (χ0v) is 17.3. The summed E-state index contributed by atoms with van der Waals surface area (Å²) >= 11 is 0. The van der Waals surface area contributed by atoms with Gasteiger partial charge in [0.1, 0.15) is 0 Å². The second kappa shape index (κ2) is 9.22.